The van der Waals surface area contributed by atoms with Crippen LogP contribution < -0.4 is 4.89 Å². The van der Waals surface area contributed by atoms with Crippen LogP contribution in [0.15, 0.2) is 0 Å². The molecule has 0 aliphatic rings. The van der Waals surface area contributed by atoms with Gasteiger partial charge in [-0.2, -0.15) is 0 Å². The number of hydrogen-bond acceptors (Lipinski definition) is 1. The largest absolute Gasteiger partial charge is 0.392 e. The molecule has 0 aromatic heterocycles. The summed E-state index contributed by atoms with van der Waals surface area (Å²) in [6.07, 6.45) is 0. The molecule has 4 heteroatoms. The normalized spacial score (nSPS) is 5.00. The average molecular weight is 150 g/mol. The summed E-state index contributed by atoms with van der Waals surface area (Å²) in [7, 11) is 3.06. The Kier molecular flexibility index (Phi) is 19.9. The molecule has 0 saturated carbocycles. The molecule has 0 aromatic rings. The molecule has 0 bridgehead atoms. The first-order chi connectivity index (χ1) is 1.41. The van der Waals surface area contributed by atoms with Gasteiger partial charge >= 0.3 is 0 Å². The van der Waals surface area contributed by atoms with Crippen LogP contribution in [-0.4, -0.2) is 18.4 Å². The molecule has 0 aliphatic heterocycles. The summed E-state index contributed by atoms with van der Waals surface area (Å²) >= 11 is 0. The Labute approximate surface area is 49.6 Å². The summed E-state index contributed by atoms with van der Waals surface area (Å²) in [6, 6.07) is 0. The van der Waals surface area contributed by atoms with Crippen molar-refractivity contribution in [2.45, 2.75) is 0 Å². The molecule has 0 aromatic carbocycles. The van der Waals surface area contributed by atoms with Crippen molar-refractivity contribution < 1.29 is 26.2 Å². The fraction of sp³-hybridized carbons (Fsp3) is 0. The van der Waals surface area contributed by atoms with Crippen molar-refractivity contribution in [1.82, 2.24) is 4.89 Å². The fourth-order valence-electron chi connectivity index (χ4n) is 0. The van der Waals surface area contributed by atoms with Gasteiger partial charge in [0, 0.05) is 26.2 Å². The van der Waals surface area contributed by atoms with Crippen molar-refractivity contribution in [2.24, 2.45) is 0 Å². The van der Waals surface area contributed by atoms with Gasteiger partial charge in [-0.1, -0.05) is 0 Å². The Hall–Kier alpha value is 1.12. The Morgan fingerprint density at radius 1 is 1.75 bits per heavy atom. The zero-order chi connectivity index (χ0) is 2.71. The van der Waals surface area contributed by atoms with E-state index >= 15 is 0 Å². The molecule has 1 N–H and O–H groups in total. The second-order valence-electron chi connectivity index (χ2n) is 0.500. The SMILES string of the molecule is BN[SiH3].[Zr]. The standard InChI is InChI=1S/BH6NSi.Zr/c1-2-3;/h2H,1H2,3H3;. The maximum absolute atomic E-state index is 2.89. The molecule has 1 nitrogen and oxygen atoms in total. The molecule has 4 heavy (non-hydrogen) atoms. The van der Waals surface area contributed by atoms with Gasteiger partial charge in [0.25, 0.3) is 0 Å². The first-order valence-electron chi connectivity index (χ1n) is 1.00. The molecular formula is H6BNSiZr. The van der Waals surface area contributed by atoms with E-state index < -0.39 is 0 Å². The molecule has 0 saturated heterocycles. The van der Waals surface area contributed by atoms with Crippen molar-refractivity contribution in [3.8, 4) is 0 Å². The van der Waals surface area contributed by atoms with Crippen LogP contribution in [0.2, 0.25) is 0 Å². The maximum Gasteiger partial charge on any atom is 0.174 e. The minimum atomic E-state index is 0. The fourth-order valence-corrected chi connectivity index (χ4v) is 0. The summed E-state index contributed by atoms with van der Waals surface area (Å²) in [5.74, 6) is 0. The average Bonchev–Trinajstić information content (AvgIpc) is 0.918. The van der Waals surface area contributed by atoms with Crippen molar-refractivity contribution in [3.63, 3.8) is 0 Å². The maximum atomic E-state index is 2.89. The second kappa shape index (κ2) is 8.92. The number of nitrogens with one attached hydrogen (secondary N) is 1. The zero-order valence-electron chi connectivity index (χ0n) is 3.00. The molecule has 0 amide bonds. The molecule has 0 heterocycles. The van der Waals surface area contributed by atoms with E-state index in [4.69, 9.17) is 0 Å². The summed E-state index contributed by atoms with van der Waals surface area (Å²) in [4.78, 5) is 2.89. The van der Waals surface area contributed by atoms with Gasteiger partial charge in [-0.25, -0.2) is 0 Å². The number of hydrogen-bond donors (Lipinski definition) is 1. The van der Waals surface area contributed by atoms with Crippen LogP contribution in [0.3, 0.4) is 0 Å². The van der Waals surface area contributed by atoms with E-state index in [1.165, 1.54) is 0 Å². The van der Waals surface area contributed by atoms with Gasteiger partial charge in [0.2, 0.25) is 0 Å². The Morgan fingerprint density at radius 3 is 1.75 bits per heavy atom. The van der Waals surface area contributed by atoms with Gasteiger partial charge in [0.15, 0.2) is 7.98 Å². The van der Waals surface area contributed by atoms with Gasteiger partial charge < -0.3 is 4.89 Å². The monoisotopic (exact) mass is 149 g/mol. The Balaban J connectivity index is 0. The van der Waals surface area contributed by atoms with Crippen LogP contribution in [0.25, 0.3) is 0 Å². The predicted molar refractivity (Wildman–Crippen MR) is 21.6 cm³/mol. The molecule has 0 rings (SSSR count). The van der Waals surface area contributed by atoms with E-state index in [-0.39, 0.29) is 26.2 Å². The molecule has 22 valence electrons. The van der Waals surface area contributed by atoms with Crippen molar-refractivity contribution in [1.29, 1.82) is 0 Å². The van der Waals surface area contributed by atoms with Crippen LogP contribution in [0, 0.1) is 0 Å². The van der Waals surface area contributed by atoms with Crippen molar-refractivity contribution >= 4 is 18.4 Å². The molecule has 0 radical (unpaired) electrons. The van der Waals surface area contributed by atoms with E-state index in [2.05, 4.69) is 4.89 Å². The second-order valence-corrected chi connectivity index (χ2v) is 1.50. The van der Waals surface area contributed by atoms with Crippen LogP contribution in [0.4, 0.5) is 0 Å². The van der Waals surface area contributed by atoms with Crippen molar-refractivity contribution in [2.75, 3.05) is 0 Å². The van der Waals surface area contributed by atoms with Crippen LogP contribution in [0.5, 0.6) is 0 Å². The van der Waals surface area contributed by atoms with Crippen LogP contribution in [0.1, 0.15) is 0 Å². The minimum absolute atomic E-state index is 0. The van der Waals surface area contributed by atoms with Crippen molar-refractivity contribution in [3.05, 3.63) is 0 Å². The first-order valence-corrected chi connectivity index (χ1v) is 2.00. The molecular weight excluding hydrogens is 144 g/mol. The third kappa shape index (κ3) is 11.2. The van der Waals surface area contributed by atoms with E-state index in [9.17, 15) is 0 Å². The molecule has 0 fully saturated rings. The van der Waals surface area contributed by atoms with E-state index in [1.54, 1.807) is 0 Å². The van der Waals surface area contributed by atoms with Gasteiger partial charge in [-0.15, -0.1) is 0 Å². The Morgan fingerprint density at radius 2 is 1.75 bits per heavy atom. The first kappa shape index (κ1) is 8.93. The van der Waals surface area contributed by atoms with Gasteiger partial charge in [-0.05, 0) is 0 Å². The van der Waals surface area contributed by atoms with E-state index in [0.29, 0.717) is 0 Å². The van der Waals surface area contributed by atoms with Crippen LogP contribution >= 0.6 is 0 Å². The van der Waals surface area contributed by atoms with Gasteiger partial charge in [0.05, 0.1) is 10.4 Å². The topological polar surface area (TPSA) is 12.0 Å². The summed E-state index contributed by atoms with van der Waals surface area (Å²) < 4.78 is 0. The van der Waals surface area contributed by atoms with E-state index in [1.807, 2.05) is 7.98 Å². The third-order valence-corrected chi connectivity index (χ3v) is 0. The smallest absolute Gasteiger partial charge is 0.174 e. The number of rotatable bonds is 0. The predicted octanol–water partition coefficient (Wildman–Crippen LogP) is -2.60. The Bertz CT molecular complexity index is 8.00. The summed E-state index contributed by atoms with van der Waals surface area (Å²) in [5, 5.41) is 0. The minimum Gasteiger partial charge on any atom is -0.392 e. The van der Waals surface area contributed by atoms with E-state index in [0.717, 1.165) is 10.4 Å². The molecule has 0 atom stereocenters. The molecule has 0 spiro atoms. The molecule has 0 unspecified atom stereocenters. The summed E-state index contributed by atoms with van der Waals surface area (Å²) in [6.45, 7) is 0. The van der Waals surface area contributed by atoms with Crippen LogP contribution in [-0.2, 0) is 26.2 Å². The summed E-state index contributed by atoms with van der Waals surface area (Å²) in [5.41, 5.74) is 0. The third-order valence-electron chi connectivity index (χ3n) is 0. The van der Waals surface area contributed by atoms with Gasteiger partial charge in [0.1, 0.15) is 0 Å². The molecule has 0 aliphatic carbocycles. The van der Waals surface area contributed by atoms with Gasteiger partial charge in [-0.3, -0.25) is 0 Å². The zero-order valence-corrected chi connectivity index (χ0v) is 7.46. The quantitative estimate of drug-likeness (QED) is 0.373.